The Morgan fingerprint density at radius 3 is 2.11 bits per heavy atom. The average Bonchev–Trinajstić information content (AvgIpc) is 3.59. The Morgan fingerprint density at radius 1 is 0.894 bits per heavy atom. The first-order valence-corrected chi connectivity index (χ1v) is 15.6. The van der Waals surface area contributed by atoms with Crippen LogP contribution in [-0.2, 0) is 29.0 Å². The van der Waals surface area contributed by atoms with Gasteiger partial charge in [-0.15, -0.1) is 13.2 Å². The average molecular weight is 682 g/mol. The van der Waals surface area contributed by atoms with E-state index in [9.17, 15) is 45.0 Å². The molecule has 2 heterocycles. The molecule has 0 spiro atoms. The van der Waals surface area contributed by atoms with E-state index >= 15 is 0 Å². The highest BCUT2D eigenvalue weighted by Crippen LogP contribution is 2.40. The third-order valence-corrected chi connectivity index (χ3v) is 8.18. The number of sulfone groups is 1. The van der Waals surface area contributed by atoms with Gasteiger partial charge >= 0.3 is 12.5 Å². The topological polar surface area (TPSA) is 128 Å². The molecule has 0 aliphatic heterocycles. The number of hydrogen-bond acceptors (Lipinski definition) is 8. The number of aryl methyl sites for hydroxylation is 1. The van der Waals surface area contributed by atoms with Crippen LogP contribution in [0.3, 0.4) is 0 Å². The number of aliphatic hydroxyl groups is 2. The third-order valence-electron chi connectivity index (χ3n) is 7.00. The minimum absolute atomic E-state index is 0.0201. The summed E-state index contributed by atoms with van der Waals surface area (Å²) in [7, 11) is -3.78. The molecule has 2 N–H and O–H groups in total. The zero-order valence-electron chi connectivity index (χ0n) is 24.5. The highest BCUT2D eigenvalue weighted by Gasteiger charge is 2.35. The van der Waals surface area contributed by atoms with Crippen molar-refractivity contribution in [3.05, 3.63) is 89.8 Å². The third kappa shape index (κ3) is 7.34. The van der Waals surface area contributed by atoms with Crippen LogP contribution in [-0.4, -0.2) is 52.4 Å². The van der Waals surface area contributed by atoms with Crippen molar-refractivity contribution in [2.45, 2.75) is 37.4 Å². The molecule has 248 valence electrons. The molecule has 0 radical (unpaired) electrons. The summed E-state index contributed by atoms with van der Waals surface area (Å²) >= 11 is 0. The lowest BCUT2D eigenvalue weighted by Crippen LogP contribution is -2.16. The number of alkyl halides is 6. The van der Waals surface area contributed by atoms with Gasteiger partial charge in [0.05, 0.1) is 23.8 Å². The van der Waals surface area contributed by atoms with Crippen molar-refractivity contribution in [1.82, 2.24) is 14.5 Å². The second-order valence-electron chi connectivity index (χ2n) is 10.4. The van der Waals surface area contributed by atoms with Crippen LogP contribution in [0.2, 0.25) is 0 Å². The van der Waals surface area contributed by atoms with Crippen molar-refractivity contribution >= 4 is 9.84 Å². The number of hydrogen-bond donors (Lipinski definition) is 2. The van der Waals surface area contributed by atoms with Gasteiger partial charge in [-0.25, -0.2) is 18.4 Å². The molecule has 0 amide bonds. The van der Waals surface area contributed by atoms with Crippen LogP contribution in [0, 0.1) is 6.92 Å². The van der Waals surface area contributed by atoms with Gasteiger partial charge in [-0.2, -0.15) is 13.2 Å². The second kappa shape index (κ2) is 12.5. The monoisotopic (exact) mass is 681 g/mol. The Labute approximate surface area is 263 Å². The molecule has 0 bridgehead atoms. The van der Waals surface area contributed by atoms with Crippen LogP contribution >= 0.6 is 0 Å². The van der Waals surface area contributed by atoms with Gasteiger partial charge in [0.15, 0.2) is 27.2 Å². The highest BCUT2D eigenvalue weighted by molar-refractivity contribution is 7.90. The van der Waals surface area contributed by atoms with E-state index in [0.29, 0.717) is 11.1 Å². The summed E-state index contributed by atoms with van der Waals surface area (Å²) in [6.45, 7) is 0.432. The fourth-order valence-corrected chi connectivity index (χ4v) is 5.88. The molecule has 0 atom stereocenters. The van der Waals surface area contributed by atoms with E-state index in [0.717, 1.165) is 24.6 Å². The molecule has 0 saturated carbocycles. The van der Waals surface area contributed by atoms with E-state index < -0.39 is 40.4 Å². The predicted molar refractivity (Wildman–Crippen MR) is 156 cm³/mol. The lowest BCUT2D eigenvalue weighted by Gasteiger charge is -2.15. The maximum Gasteiger partial charge on any atom is 0.573 e. The van der Waals surface area contributed by atoms with Gasteiger partial charge in [-0.1, -0.05) is 18.2 Å². The van der Waals surface area contributed by atoms with E-state index in [4.69, 9.17) is 4.42 Å². The highest BCUT2D eigenvalue weighted by atomic mass is 32.2. The number of nitrogens with zero attached hydrogens (tertiary/aromatic N) is 3. The number of halogens is 6. The molecule has 3 aromatic carbocycles. The van der Waals surface area contributed by atoms with E-state index in [1.807, 2.05) is 0 Å². The number of aliphatic hydroxyl groups excluding tert-OH is 2. The zero-order chi connectivity index (χ0) is 34.3. The second-order valence-corrected chi connectivity index (χ2v) is 12.3. The standard InChI is InChI=1S/C31H25F6N3O6S/c1-17-38-26(30(32,33)34)15-40(17)24-10-7-19(20-3-4-21(16-42)25(14-20)47(2,43)44)13-23(24)28-29(45-27(39-28)11-12-41)18-5-8-22(9-6-18)46-31(35,36)37/h3-10,13-15,41-42H,11-12,16H2,1-2H3. The smallest absolute Gasteiger partial charge is 0.440 e. The summed E-state index contributed by atoms with van der Waals surface area (Å²) in [4.78, 5) is 8.02. The number of benzene rings is 3. The molecule has 16 heteroatoms. The molecule has 0 unspecified atom stereocenters. The van der Waals surface area contributed by atoms with Gasteiger partial charge in [-0.05, 0) is 66.1 Å². The van der Waals surface area contributed by atoms with Gasteiger partial charge in [-0.3, -0.25) is 0 Å². The van der Waals surface area contributed by atoms with Crippen molar-refractivity contribution in [3.8, 4) is 45.1 Å². The first kappa shape index (κ1) is 33.7. The normalized spacial score (nSPS) is 12.5. The van der Waals surface area contributed by atoms with Gasteiger partial charge in [0.25, 0.3) is 0 Å². The van der Waals surface area contributed by atoms with Gasteiger partial charge in [0.2, 0.25) is 0 Å². The fraction of sp³-hybridized carbons (Fsp3) is 0.226. The first-order chi connectivity index (χ1) is 22.0. The summed E-state index contributed by atoms with van der Waals surface area (Å²) < 4.78 is 115. The van der Waals surface area contributed by atoms with E-state index in [2.05, 4.69) is 14.7 Å². The Bertz CT molecular complexity index is 2030. The number of imidazole rings is 1. The summed E-state index contributed by atoms with van der Waals surface area (Å²) in [5, 5.41) is 19.3. The molecule has 5 aromatic rings. The minimum atomic E-state index is -4.94. The zero-order valence-corrected chi connectivity index (χ0v) is 25.3. The van der Waals surface area contributed by atoms with Crippen molar-refractivity contribution in [2.75, 3.05) is 12.9 Å². The summed E-state index contributed by atoms with van der Waals surface area (Å²) in [6, 6.07) is 13.5. The molecule has 2 aromatic heterocycles. The number of aromatic nitrogens is 3. The maximum atomic E-state index is 13.6. The van der Waals surface area contributed by atoms with Gasteiger partial charge in [0, 0.05) is 30.0 Å². The molecule has 0 aliphatic rings. The Balaban J connectivity index is 1.76. The number of ether oxygens (including phenoxy) is 1. The lowest BCUT2D eigenvalue weighted by molar-refractivity contribution is -0.274. The van der Waals surface area contributed by atoms with Crippen molar-refractivity contribution in [3.63, 3.8) is 0 Å². The van der Waals surface area contributed by atoms with E-state index in [-0.39, 0.29) is 63.5 Å². The maximum absolute atomic E-state index is 13.6. The van der Waals surface area contributed by atoms with Crippen molar-refractivity contribution < 1.29 is 54.1 Å². The number of rotatable bonds is 9. The van der Waals surface area contributed by atoms with Crippen LogP contribution in [0.25, 0.3) is 39.4 Å². The Kier molecular flexibility index (Phi) is 8.96. The SMILES string of the molecule is Cc1nc(C(F)(F)F)cn1-c1ccc(-c2ccc(CO)c(S(C)(=O)=O)c2)cc1-c1nc(CCO)oc1-c1ccc(OC(F)(F)F)cc1. The molecular formula is C31H25F6N3O6S. The summed E-state index contributed by atoms with van der Waals surface area (Å²) in [6.07, 6.45) is -7.99. The van der Waals surface area contributed by atoms with Crippen molar-refractivity contribution in [1.29, 1.82) is 0 Å². The largest absolute Gasteiger partial charge is 0.573 e. The molecule has 0 aliphatic carbocycles. The lowest BCUT2D eigenvalue weighted by atomic mass is 9.97. The Morgan fingerprint density at radius 2 is 1.53 bits per heavy atom. The molecule has 47 heavy (non-hydrogen) atoms. The molecule has 5 rings (SSSR count). The van der Waals surface area contributed by atoms with Gasteiger partial charge < -0.3 is 23.9 Å². The van der Waals surface area contributed by atoms with Crippen LogP contribution < -0.4 is 4.74 Å². The van der Waals surface area contributed by atoms with Gasteiger partial charge in [0.1, 0.15) is 17.3 Å². The Hall–Kier alpha value is -4.67. The summed E-state index contributed by atoms with van der Waals surface area (Å²) in [5.74, 6) is -0.504. The molecule has 9 nitrogen and oxygen atoms in total. The number of oxazole rings is 1. The minimum Gasteiger partial charge on any atom is -0.440 e. The van der Waals surface area contributed by atoms with Crippen LogP contribution in [0.1, 0.15) is 23.0 Å². The summed E-state index contributed by atoms with van der Waals surface area (Å²) in [5.41, 5.74) is 0.409. The van der Waals surface area contributed by atoms with E-state index in [1.165, 1.54) is 47.9 Å². The fourth-order valence-electron chi connectivity index (χ4n) is 4.93. The van der Waals surface area contributed by atoms with Crippen molar-refractivity contribution in [2.24, 2.45) is 0 Å². The van der Waals surface area contributed by atoms with Crippen LogP contribution in [0.15, 0.2) is 76.2 Å². The van der Waals surface area contributed by atoms with E-state index in [1.54, 1.807) is 12.1 Å². The molecule has 0 saturated heterocycles. The quantitative estimate of drug-likeness (QED) is 0.169. The van der Waals surface area contributed by atoms with Crippen LogP contribution in [0.4, 0.5) is 26.3 Å². The molecule has 0 fully saturated rings. The van der Waals surface area contributed by atoms with Crippen LogP contribution in [0.5, 0.6) is 5.75 Å². The first-order valence-electron chi connectivity index (χ1n) is 13.7. The predicted octanol–water partition coefficient (Wildman–Crippen LogP) is 6.52. The molecular weight excluding hydrogens is 656 g/mol.